The maximum Gasteiger partial charge on any atom is 0.414 e. The summed E-state index contributed by atoms with van der Waals surface area (Å²) in [7, 11) is 0. The van der Waals surface area contributed by atoms with Crippen LogP contribution in [0.1, 0.15) is 42.9 Å². The Labute approximate surface area is 202 Å². The van der Waals surface area contributed by atoms with Crippen LogP contribution >= 0.6 is 0 Å². The van der Waals surface area contributed by atoms with Crippen molar-refractivity contribution in [2.45, 2.75) is 38.0 Å². The van der Waals surface area contributed by atoms with Crippen LogP contribution in [0.3, 0.4) is 0 Å². The van der Waals surface area contributed by atoms with Crippen molar-refractivity contribution >= 4 is 22.7 Å². The number of carbonyl (C=O) groups is 1. The quantitative estimate of drug-likeness (QED) is 0.482. The van der Waals surface area contributed by atoms with E-state index in [0.29, 0.717) is 24.7 Å². The van der Waals surface area contributed by atoms with Gasteiger partial charge in [-0.2, -0.15) is 0 Å². The number of fused-ring (bicyclic) bond motifs is 4. The normalized spacial score (nSPS) is 18.1. The molecule has 184 valence electrons. The van der Waals surface area contributed by atoms with E-state index in [9.17, 15) is 9.18 Å². The van der Waals surface area contributed by atoms with Gasteiger partial charge in [0.15, 0.2) is 17.1 Å². The lowest BCUT2D eigenvalue weighted by molar-refractivity contribution is 0.139. The summed E-state index contributed by atoms with van der Waals surface area (Å²) in [6.07, 6.45) is 4.15. The molecule has 0 atom stereocenters. The van der Waals surface area contributed by atoms with E-state index in [1.165, 1.54) is 12.1 Å². The number of anilines is 1. The number of halogens is 1. The van der Waals surface area contributed by atoms with Crippen LogP contribution in [-0.4, -0.2) is 55.7 Å². The summed E-state index contributed by atoms with van der Waals surface area (Å²) in [5, 5.41) is 5.13. The first-order valence-electron chi connectivity index (χ1n) is 12.3. The van der Waals surface area contributed by atoms with Crippen LogP contribution in [0.2, 0.25) is 0 Å². The molecule has 1 aromatic heterocycles. The highest BCUT2D eigenvalue weighted by molar-refractivity contribution is 5.90. The average molecular weight is 482 g/mol. The number of benzene rings is 2. The van der Waals surface area contributed by atoms with Crippen molar-refractivity contribution in [3.8, 4) is 11.5 Å². The maximum atomic E-state index is 13.4. The molecule has 0 bridgehead atoms. The zero-order valence-electron chi connectivity index (χ0n) is 19.5. The number of carbonyl (C=O) groups excluding carboxylic acids is 1. The van der Waals surface area contributed by atoms with E-state index >= 15 is 0 Å². The van der Waals surface area contributed by atoms with Gasteiger partial charge in [0.1, 0.15) is 5.82 Å². The summed E-state index contributed by atoms with van der Waals surface area (Å²) in [5.41, 5.74) is 3.32. The molecule has 1 fully saturated rings. The Morgan fingerprint density at radius 2 is 2.03 bits per heavy atom. The molecule has 1 amide bonds. The van der Waals surface area contributed by atoms with Gasteiger partial charge in [0, 0.05) is 36.0 Å². The molecule has 0 radical (unpaired) electrons. The molecular formula is C26H28FN3O5. The van der Waals surface area contributed by atoms with E-state index in [2.05, 4.69) is 10.1 Å². The number of piperidine rings is 1. The highest BCUT2D eigenvalue weighted by Crippen LogP contribution is 2.43. The number of amides is 1. The van der Waals surface area contributed by atoms with Crippen LogP contribution in [-0.2, 0) is 11.2 Å². The van der Waals surface area contributed by atoms with E-state index in [1.54, 1.807) is 11.0 Å². The number of aromatic nitrogens is 1. The molecular weight excluding hydrogens is 453 g/mol. The molecule has 6 rings (SSSR count). The highest BCUT2D eigenvalue weighted by atomic mass is 19.1. The third-order valence-corrected chi connectivity index (χ3v) is 7.22. The second-order valence-corrected chi connectivity index (χ2v) is 9.34. The van der Waals surface area contributed by atoms with Crippen LogP contribution in [0.4, 0.5) is 14.9 Å². The molecule has 35 heavy (non-hydrogen) atoms. The number of hydrogen-bond donors (Lipinski definition) is 0. The lowest BCUT2D eigenvalue weighted by atomic mass is 9.91. The van der Waals surface area contributed by atoms with Gasteiger partial charge in [-0.15, -0.1) is 0 Å². The first-order chi connectivity index (χ1) is 17.2. The number of hydrogen-bond acceptors (Lipinski definition) is 7. The van der Waals surface area contributed by atoms with Crippen molar-refractivity contribution in [2.75, 3.05) is 44.5 Å². The molecule has 0 spiro atoms. The molecule has 3 aromatic rings. The first-order valence-corrected chi connectivity index (χ1v) is 12.3. The van der Waals surface area contributed by atoms with Crippen molar-refractivity contribution in [3.63, 3.8) is 0 Å². The third kappa shape index (κ3) is 4.29. The average Bonchev–Trinajstić information content (AvgIpc) is 3.53. The second kappa shape index (κ2) is 9.37. The van der Waals surface area contributed by atoms with Crippen molar-refractivity contribution in [2.24, 2.45) is 0 Å². The van der Waals surface area contributed by atoms with Gasteiger partial charge in [0.05, 0.1) is 18.0 Å². The molecule has 0 unspecified atom stereocenters. The number of nitrogens with zero attached hydrogens (tertiary/aromatic N) is 3. The fourth-order valence-electron chi connectivity index (χ4n) is 5.42. The molecule has 4 heterocycles. The van der Waals surface area contributed by atoms with Crippen LogP contribution in [0.5, 0.6) is 11.5 Å². The molecule has 3 aliphatic heterocycles. The maximum absolute atomic E-state index is 13.4. The molecule has 9 heteroatoms. The Balaban J connectivity index is 0.974. The van der Waals surface area contributed by atoms with Crippen molar-refractivity contribution in [1.82, 2.24) is 10.1 Å². The Kier molecular flexibility index (Phi) is 5.93. The van der Waals surface area contributed by atoms with Gasteiger partial charge < -0.3 is 23.6 Å². The van der Waals surface area contributed by atoms with Crippen molar-refractivity contribution in [3.05, 3.63) is 47.4 Å². The predicted molar refractivity (Wildman–Crippen MR) is 127 cm³/mol. The Hall–Kier alpha value is -3.33. The Morgan fingerprint density at radius 1 is 1.14 bits per heavy atom. The zero-order valence-corrected chi connectivity index (χ0v) is 19.5. The molecule has 0 N–H and O–H groups in total. The monoisotopic (exact) mass is 481 g/mol. The van der Waals surface area contributed by atoms with Crippen LogP contribution in [0.25, 0.3) is 11.0 Å². The Bertz CT molecular complexity index is 1240. The zero-order chi connectivity index (χ0) is 23.8. The van der Waals surface area contributed by atoms with Crippen LogP contribution in [0.15, 0.2) is 34.9 Å². The summed E-state index contributed by atoms with van der Waals surface area (Å²) in [6.45, 7) is 4.02. The van der Waals surface area contributed by atoms with Gasteiger partial charge in [0.25, 0.3) is 0 Å². The SMILES string of the molecule is O=C(OCCCN1CCC(c2noc3cc(F)ccc23)CC1)N1CCCc2c1ccc1c2OCO1. The predicted octanol–water partition coefficient (Wildman–Crippen LogP) is 4.85. The van der Waals surface area contributed by atoms with Gasteiger partial charge in [-0.05, 0) is 69.5 Å². The first kappa shape index (κ1) is 22.2. The summed E-state index contributed by atoms with van der Waals surface area (Å²) >= 11 is 0. The number of rotatable bonds is 5. The van der Waals surface area contributed by atoms with E-state index in [0.717, 1.165) is 85.6 Å². The fraction of sp³-hybridized carbons (Fsp3) is 0.462. The minimum Gasteiger partial charge on any atom is -0.454 e. The van der Waals surface area contributed by atoms with Gasteiger partial charge in [0.2, 0.25) is 6.79 Å². The van der Waals surface area contributed by atoms with Gasteiger partial charge in [-0.1, -0.05) is 5.16 Å². The molecule has 2 aromatic carbocycles. The minimum atomic E-state index is -0.313. The van der Waals surface area contributed by atoms with Crippen LogP contribution in [0, 0.1) is 5.82 Å². The standard InChI is InChI=1S/C26H28FN3O5/c27-18-4-5-20-23(15-18)35-28-24(20)17-8-12-29(13-9-17)10-2-14-32-26(31)30-11-1-3-19-21(30)6-7-22-25(19)34-16-33-22/h4-7,15,17H,1-3,8-14,16H2. The van der Waals surface area contributed by atoms with Crippen LogP contribution < -0.4 is 14.4 Å². The second-order valence-electron chi connectivity index (χ2n) is 9.34. The molecule has 1 saturated heterocycles. The molecule has 8 nitrogen and oxygen atoms in total. The van der Waals surface area contributed by atoms with E-state index < -0.39 is 0 Å². The number of likely N-dealkylation sites (tertiary alicyclic amines) is 1. The largest absolute Gasteiger partial charge is 0.454 e. The smallest absolute Gasteiger partial charge is 0.414 e. The van der Waals surface area contributed by atoms with Gasteiger partial charge in [-0.3, -0.25) is 4.90 Å². The number of ether oxygens (including phenoxy) is 3. The summed E-state index contributed by atoms with van der Waals surface area (Å²) in [4.78, 5) is 16.9. The van der Waals surface area contributed by atoms with Crippen molar-refractivity contribution in [1.29, 1.82) is 0 Å². The molecule has 3 aliphatic rings. The van der Waals surface area contributed by atoms with Crippen molar-refractivity contribution < 1.29 is 27.9 Å². The third-order valence-electron chi connectivity index (χ3n) is 7.22. The summed E-state index contributed by atoms with van der Waals surface area (Å²) < 4.78 is 35.5. The highest BCUT2D eigenvalue weighted by Gasteiger charge is 2.30. The van der Waals surface area contributed by atoms with E-state index in [-0.39, 0.29) is 18.7 Å². The van der Waals surface area contributed by atoms with Gasteiger partial charge >= 0.3 is 6.09 Å². The molecule has 0 saturated carbocycles. The molecule has 0 aliphatic carbocycles. The summed E-state index contributed by atoms with van der Waals surface area (Å²) in [6, 6.07) is 8.38. The van der Waals surface area contributed by atoms with E-state index in [4.69, 9.17) is 18.7 Å². The topological polar surface area (TPSA) is 77.3 Å². The lowest BCUT2D eigenvalue weighted by Gasteiger charge is -2.31. The fourth-order valence-corrected chi connectivity index (χ4v) is 5.42. The minimum absolute atomic E-state index is 0.225. The lowest BCUT2D eigenvalue weighted by Crippen LogP contribution is -2.37. The van der Waals surface area contributed by atoms with E-state index in [1.807, 2.05) is 12.1 Å². The summed E-state index contributed by atoms with van der Waals surface area (Å²) in [5.74, 6) is 1.50. The Morgan fingerprint density at radius 3 is 2.91 bits per heavy atom. The van der Waals surface area contributed by atoms with Gasteiger partial charge in [-0.25, -0.2) is 9.18 Å².